The van der Waals surface area contributed by atoms with E-state index in [1.807, 2.05) is 49.4 Å². The van der Waals surface area contributed by atoms with Crippen LogP contribution >= 0.6 is 15.9 Å². The van der Waals surface area contributed by atoms with Crippen LogP contribution in [0.3, 0.4) is 0 Å². The second kappa shape index (κ2) is 7.06. The minimum absolute atomic E-state index is 0.00978. The van der Waals surface area contributed by atoms with Gasteiger partial charge < -0.3 is 5.32 Å². The standard InChI is InChI=1S/C17H16BrNO/c1-13(19-12-14-5-3-2-4-6-14)11-17(20)15-7-9-16(18)10-8-15/h2-11,19H,12H2,1H3/b13-11+. The van der Waals surface area contributed by atoms with Crippen LogP contribution in [0, 0.1) is 0 Å². The lowest BCUT2D eigenvalue weighted by atomic mass is 10.1. The first-order valence-corrected chi connectivity index (χ1v) is 7.20. The highest BCUT2D eigenvalue weighted by atomic mass is 79.9. The fourth-order valence-corrected chi connectivity index (χ4v) is 2.05. The highest BCUT2D eigenvalue weighted by Gasteiger charge is 2.02. The molecule has 0 saturated heterocycles. The summed E-state index contributed by atoms with van der Waals surface area (Å²) in [5.41, 5.74) is 2.74. The van der Waals surface area contributed by atoms with Crippen molar-refractivity contribution in [2.45, 2.75) is 13.5 Å². The van der Waals surface area contributed by atoms with Gasteiger partial charge in [-0.1, -0.05) is 46.3 Å². The van der Waals surface area contributed by atoms with Gasteiger partial charge in [0.1, 0.15) is 0 Å². The zero-order valence-corrected chi connectivity index (χ0v) is 12.9. The Morgan fingerprint density at radius 2 is 1.75 bits per heavy atom. The monoisotopic (exact) mass is 329 g/mol. The van der Waals surface area contributed by atoms with Crippen molar-refractivity contribution < 1.29 is 4.79 Å². The SMILES string of the molecule is C/C(=C\C(=O)c1ccc(Br)cc1)NCc1ccccc1. The van der Waals surface area contributed by atoms with Crippen LogP contribution in [0.5, 0.6) is 0 Å². The summed E-state index contributed by atoms with van der Waals surface area (Å²) in [5, 5.41) is 3.24. The van der Waals surface area contributed by atoms with Gasteiger partial charge >= 0.3 is 0 Å². The molecule has 0 heterocycles. The number of ketones is 1. The van der Waals surface area contributed by atoms with Gasteiger partial charge in [-0.05, 0) is 36.8 Å². The number of hydrogen-bond acceptors (Lipinski definition) is 2. The number of benzene rings is 2. The molecule has 2 nitrogen and oxygen atoms in total. The Bertz CT molecular complexity index is 603. The Kier molecular flexibility index (Phi) is 5.13. The van der Waals surface area contributed by atoms with E-state index in [2.05, 4.69) is 33.4 Å². The maximum absolute atomic E-state index is 12.0. The van der Waals surface area contributed by atoms with E-state index in [4.69, 9.17) is 0 Å². The molecule has 3 heteroatoms. The molecule has 2 aromatic rings. The number of carbonyl (C=O) groups excluding carboxylic acids is 1. The van der Waals surface area contributed by atoms with Crippen LogP contribution in [0.1, 0.15) is 22.8 Å². The number of carbonyl (C=O) groups is 1. The van der Waals surface area contributed by atoms with Crippen LogP contribution in [0.15, 0.2) is 70.8 Å². The Hall–Kier alpha value is -1.87. The normalized spacial score (nSPS) is 11.2. The second-order valence-electron chi connectivity index (χ2n) is 4.54. The molecule has 0 aliphatic heterocycles. The number of halogens is 1. The van der Waals surface area contributed by atoms with Crippen LogP contribution in [-0.2, 0) is 6.54 Å². The lowest BCUT2D eigenvalue weighted by Gasteiger charge is -2.06. The van der Waals surface area contributed by atoms with E-state index in [0.29, 0.717) is 5.56 Å². The molecule has 1 N–H and O–H groups in total. The molecule has 2 rings (SSSR count). The van der Waals surface area contributed by atoms with Crippen molar-refractivity contribution in [3.63, 3.8) is 0 Å². The first kappa shape index (κ1) is 14.5. The van der Waals surface area contributed by atoms with Gasteiger partial charge in [0.05, 0.1) is 0 Å². The summed E-state index contributed by atoms with van der Waals surface area (Å²) in [4.78, 5) is 12.0. The largest absolute Gasteiger partial charge is 0.384 e. The lowest BCUT2D eigenvalue weighted by Crippen LogP contribution is -2.12. The minimum atomic E-state index is 0.00978. The van der Waals surface area contributed by atoms with E-state index in [9.17, 15) is 4.79 Å². The molecule has 0 aliphatic carbocycles. The minimum Gasteiger partial charge on any atom is -0.384 e. The van der Waals surface area contributed by atoms with E-state index in [1.54, 1.807) is 6.08 Å². The second-order valence-corrected chi connectivity index (χ2v) is 5.45. The molecule has 2 aromatic carbocycles. The molecular weight excluding hydrogens is 314 g/mol. The Labute approximate surface area is 127 Å². The number of rotatable bonds is 5. The third-order valence-electron chi connectivity index (χ3n) is 2.89. The van der Waals surface area contributed by atoms with Gasteiger partial charge in [-0.2, -0.15) is 0 Å². The summed E-state index contributed by atoms with van der Waals surface area (Å²) in [6, 6.07) is 17.5. The Balaban J connectivity index is 1.96. The van der Waals surface area contributed by atoms with Gasteiger partial charge in [0.25, 0.3) is 0 Å². The maximum atomic E-state index is 12.0. The molecule has 0 saturated carbocycles. The first-order valence-electron chi connectivity index (χ1n) is 6.41. The van der Waals surface area contributed by atoms with Gasteiger partial charge in [-0.15, -0.1) is 0 Å². The van der Waals surface area contributed by atoms with Crippen molar-refractivity contribution in [3.05, 3.63) is 82.0 Å². The van der Waals surface area contributed by atoms with Crippen LogP contribution in [0.4, 0.5) is 0 Å². The molecule has 0 aromatic heterocycles. The van der Waals surface area contributed by atoms with E-state index >= 15 is 0 Å². The summed E-state index contributed by atoms with van der Waals surface area (Å²) in [6.07, 6.45) is 1.63. The zero-order valence-electron chi connectivity index (χ0n) is 11.3. The summed E-state index contributed by atoms with van der Waals surface area (Å²) in [6.45, 7) is 2.62. The lowest BCUT2D eigenvalue weighted by molar-refractivity contribution is 0.104. The van der Waals surface area contributed by atoms with E-state index in [-0.39, 0.29) is 5.78 Å². The molecule has 0 spiro atoms. The molecule has 0 atom stereocenters. The maximum Gasteiger partial charge on any atom is 0.187 e. The fraction of sp³-hybridized carbons (Fsp3) is 0.118. The molecule has 102 valence electrons. The molecule has 20 heavy (non-hydrogen) atoms. The molecular formula is C17H16BrNO. The molecule has 0 amide bonds. The van der Waals surface area contributed by atoms with E-state index in [1.165, 1.54) is 5.56 Å². The smallest absolute Gasteiger partial charge is 0.187 e. The molecule has 0 radical (unpaired) electrons. The summed E-state index contributed by atoms with van der Waals surface area (Å²) >= 11 is 3.36. The number of allylic oxidation sites excluding steroid dienone is 2. The predicted octanol–water partition coefficient (Wildman–Crippen LogP) is 4.33. The Morgan fingerprint density at radius 1 is 1.10 bits per heavy atom. The van der Waals surface area contributed by atoms with Gasteiger partial charge in [-0.3, -0.25) is 4.79 Å². The van der Waals surface area contributed by atoms with Crippen molar-refractivity contribution in [1.82, 2.24) is 5.32 Å². The summed E-state index contributed by atoms with van der Waals surface area (Å²) in [5.74, 6) is 0.00978. The average Bonchev–Trinajstić information content (AvgIpc) is 2.47. The first-order chi connectivity index (χ1) is 9.65. The molecule has 0 aliphatic rings. The van der Waals surface area contributed by atoms with E-state index in [0.717, 1.165) is 16.7 Å². The quantitative estimate of drug-likeness (QED) is 0.653. The van der Waals surface area contributed by atoms with Crippen LogP contribution < -0.4 is 5.32 Å². The number of hydrogen-bond donors (Lipinski definition) is 1. The third kappa shape index (κ3) is 4.35. The molecule has 0 unspecified atom stereocenters. The van der Waals surface area contributed by atoms with Gasteiger partial charge in [0.2, 0.25) is 0 Å². The van der Waals surface area contributed by atoms with Crippen molar-refractivity contribution in [3.8, 4) is 0 Å². The molecule has 0 fully saturated rings. The number of nitrogens with one attached hydrogen (secondary N) is 1. The van der Waals surface area contributed by atoms with Crippen molar-refractivity contribution >= 4 is 21.7 Å². The van der Waals surface area contributed by atoms with Gasteiger partial charge in [-0.25, -0.2) is 0 Å². The van der Waals surface area contributed by atoms with Crippen molar-refractivity contribution in [1.29, 1.82) is 0 Å². The van der Waals surface area contributed by atoms with Crippen LogP contribution in [0.2, 0.25) is 0 Å². The average molecular weight is 330 g/mol. The van der Waals surface area contributed by atoms with Crippen LogP contribution in [0.25, 0.3) is 0 Å². The highest BCUT2D eigenvalue weighted by molar-refractivity contribution is 9.10. The fourth-order valence-electron chi connectivity index (χ4n) is 1.78. The van der Waals surface area contributed by atoms with Gasteiger partial charge in [0.15, 0.2) is 5.78 Å². The summed E-state index contributed by atoms with van der Waals surface area (Å²) < 4.78 is 0.969. The van der Waals surface area contributed by atoms with Crippen molar-refractivity contribution in [2.75, 3.05) is 0 Å². The zero-order chi connectivity index (χ0) is 14.4. The Morgan fingerprint density at radius 3 is 2.40 bits per heavy atom. The highest BCUT2D eigenvalue weighted by Crippen LogP contribution is 2.11. The summed E-state index contributed by atoms with van der Waals surface area (Å²) in [7, 11) is 0. The van der Waals surface area contributed by atoms with Crippen LogP contribution in [-0.4, -0.2) is 5.78 Å². The topological polar surface area (TPSA) is 29.1 Å². The molecule has 0 bridgehead atoms. The van der Waals surface area contributed by atoms with Crippen molar-refractivity contribution in [2.24, 2.45) is 0 Å². The van der Waals surface area contributed by atoms with Gasteiger partial charge in [0, 0.05) is 28.4 Å². The third-order valence-corrected chi connectivity index (χ3v) is 3.42. The predicted molar refractivity (Wildman–Crippen MR) is 85.5 cm³/mol. The van der Waals surface area contributed by atoms with E-state index < -0.39 is 0 Å².